The summed E-state index contributed by atoms with van der Waals surface area (Å²) >= 11 is 1.64. The van der Waals surface area contributed by atoms with Crippen molar-refractivity contribution < 1.29 is 19.7 Å². The molecular formula is C10H16O4S. The van der Waals surface area contributed by atoms with Gasteiger partial charge in [0.2, 0.25) is 0 Å². The molecule has 0 aliphatic carbocycles. The number of rotatable bonds is 2. The Morgan fingerprint density at radius 2 is 2.20 bits per heavy atom. The van der Waals surface area contributed by atoms with Gasteiger partial charge in [-0.05, 0) is 25.0 Å². The Kier molecular flexibility index (Phi) is 2.96. The molecule has 2 heterocycles. The first-order valence-electron chi connectivity index (χ1n) is 5.22. The second-order valence-corrected chi connectivity index (χ2v) is 5.48. The van der Waals surface area contributed by atoms with Crippen LogP contribution in [0.25, 0.3) is 0 Å². The first kappa shape index (κ1) is 11.2. The van der Waals surface area contributed by atoms with Crippen molar-refractivity contribution in [2.45, 2.75) is 24.9 Å². The fourth-order valence-corrected chi connectivity index (χ4v) is 3.71. The molecule has 0 radical (unpaired) electrons. The summed E-state index contributed by atoms with van der Waals surface area (Å²) in [4.78, 5) is 11.4. The van der Waals surface area contributed by atoms with E-state index in [2.05, 4.69) is 0 Å². The highest BCUT2D eigenvalue weighted by Crippen LogP contribution is 2.46. The van der Waals surface area contributed by atoms with Gasteiger partial charge in [-0.3, -0.25) is 4.79 Å². The smallest absolute Gasteiger partial charge is 0.315 e. The first-order chi connectivity index (χ1) is 7.11. The van der Waals surface area contributed by atoms with Gasteiger partial charge in [-0.15, -0.1) is 0 Å². The minimum absolute atomic E-state index is 0.152. The SMILES string of the molecule is O=C(O)C1(C2(O)CCCSC2)CCOC1. The molecule has 2 aliphatic rings. The van der Waals surface area contributed by atoms with Crippen molar-refractivity contribution in [3.8, 4) is 0 Å². The summed E-state index contributed by atoms with van der Waals surface area (Å²) in [5.74, 6) is 0.617. The Hall–Kier alpha value is -0.260. The third-order valence-corrected chi connectivity index (χ3v) is 4.80. The van der Waals surface area contributed by atoms with E-state index in [1.54, 1.807) is 11.8 Å². The van der Waals surface area contributed by atoms with Crippen molar-refractivity contribution in [2.75, 3.05) is 24.7 Å². The highest BCUT2D eigenvalue weighted by Gasteiger charge is 2.58. The summed E-state index contributed by atoms with van der Waals surface area (Å²) in [6, 6.07) is 0. The average Bonchev–Trinajstić information content (AvgIpc) is 2.69. The van der Waals surface area contributed by atoms with Crippen LogP contribution in [0.3, 0.4) is 0 Å². The van der Waals surface area contributed by atoms with Gasteiger partial charge in [0.25, 0.3) is 0 Å². The molecule has 2 atom stereocenters. The Morgan fingerprint density at radius 1 is 1.40 bits per heavy atom. The normalized spacial score (nSPS) is 41.7. The Bertz CT molecular complexity index is 254. The Balaban J connectivity index is 2.26. The summed E-state index contributed by atoms with van der Waals surface area (Å²) in [7, 11) is 0. The molecule has 86 valence electrons. The lowest BCUT2D eigenvalue weighted by atomic mass is 9.69. The van der Waals surface area contributed by atoms with Gasteiger partial charge in [0.1, 0.15) is 5.41 Å². The predicted octanol–water partition coefficient (Wildman–Crippen LogP) is 0.736. The molecule has 4 nitrogen and oxygen atoms in total. The largest absolute Gasteiger partial charge is 0.481 e. The highest BCUT2D eigenvalue weighted by molar-refractivity contribution is 7.99. The maximum Gasteiger partial charge on any atom is 0.315 e. The van der Waals surface area contributed by atoms with Crippen LogP contribution in [0.5, 0.6) is 0 Å². The lowest BCUT2D eigenvalue weighted by Gasteiger charge is -2.43. The van der Waals surface area contributed by atoms with E-state index < -0.39 is 17.0 Å². The van der Waals surface area contributed by atoms with Crippen molar-refractivity contribution in [2.24, 2.45) is 5.41 Å². The maximum atomic E-state index is 11.4. The summed E-state index contributed by atoms with van der Waals surface area (Å²) in [6.07, 6.45) is 1.89. The van der Waals surface area contributed by atoms with E-state index in [4.69, 9.17) is 4.74 Å². The number of aliphatic hydroxyl groups is 1. The molecule has 0 bridgehead atoms. The van der Waals surface area contributed by atoms with Crippen LogP contribution in [-0.2, 0) is 9.53 Å². The Morgan fingerprint density at radius 3 is 2.67 bits per heavy atom. The van der Waals surface area contributed by atoms with Crippen LogP contribution in [0.2, 0.25) is 0 Å². The molecule has 15 heavy (non-hydrogen) atoms. The molecule has 2 unspecified atom stereocenters. The van der Waals surface area contributed by atoms with Crippen LogP contribution in [0.1, 0.15) is 19.3 Å². The van der Waals surface area contributed by atoms with E-state index in [1.807, 2.05) is 0 Å². The van der Waals surface area contributed by atoms with Gasteiger partial charge in [-0.25, -0.2) is 0 Å². The first-order valence-corrected chi connectivity index (χ1v) is 6.37. The van der Waals surface area contributed by atoms with Crippen LogP contribution in [-0.4, -0.2) is 46.5 Å². The van der Waals surface area contributed by atoms with Gasteiger partial charge < -0.3 is 14.9 Å². The minimum atomic E-state index is -1.09. The number of thioether (sulfide) groups is 1. The number of carboxylic acids is 1. The number of aliphatic carboxylic acids is 1. The van der Waals surface area contributed by atoms with Crippen molar-refractivity contribution in [1.82, 2.24) is 0 Å². The van der Waals surface area contributed by atoms with Gasteiger partial charge in [-0.2, -0.15) is 11.8 Å². The number of ether oxygens (including phenoxy) is 1. The second-order valence-electron chi connectivity index (χ2n) is 4.38. The van der Waals surface area contributed by atoms with E-state index in [0.29, 0.717) is 25.2 Å². The van der Waals surface area contributed by atoms with E-state index in [-0.39, 0.29) is 6.61 Å². The van der Waals surface area contributed by atoms with Crippen LogP contribution in [0.4, 0.5) is 0 Å². The molecule has 5 heteroatoms. The molecule has 0 aromatic heterocycles. The van der Waals surface area contributed by atoms with E-state index >= 15 is 0 Å². The topological polar surface area (TPSA) is 66.8 Å². The zero-order valence-corrected chi connectivity index (χ0v) is 9.39. The zero-order valence-electron chi connectivity index (χ0n) is 8.57. The minimum Gasteiger partial charge on any atom is -0.481 e. The summed E-state index contributed by atoms with van der Waals surface area (Å²) in [5.41, 5.74) is -2.15. The monoisotopic (exact) mass is 232 g/mol. The molecule has 2 saturated heterocycles. The zero-order chi connectivity index (χ0) is 10.9. The summed E-state index contributed by atoms with van der Waals surface area (Å²) in [5, 5.41) is 19.8. The molecule has 2 aliphatic heterocycles. The summed E-state index contributed by atoms with van der Waals surface area (Å²) in [6.45, 7) is 0.596. The van der Waals surface area contributed by atoms with Gasteiger partial charge in [-0.1, -0.05) is 0 Å². The van der Waals surface area contributed by atoms with Crippen molar-refractivity contribution >= 4 is 17.7 Å². The molecule has 0 saturated carbocycles. The standard InChI is InChI=1S/C10H16O4S/c11-8(12)9(3-4-14-6-9)10(13)2-1-5-15-7-10/h13H,1-7H2,(H,11,12). The number of hydrogen-bond acceptors (Lipinski definition) is 4. The number of hydrogen-bond donors (Lipinski definition) is 2. The average molecular weight is 232 g/mol. The van der Waals surface area contributed by atoms with Crippen LogP contribution < -0.4 is 0 Å². The molecule has 2 rings (SSSR count). The van der Waals surface area contributed by atoms with E-state index in [0.717, 1.165) is 12.2 Å². The molecule has 0 spiro atoms. The maximum absolute atomic E-state index is 11.4. The van der Waals surface area contributed by atoms with Gasteiger partial charge in [0, 0.05) is 12.4 Å². The van der Waals surface area contributed by atoms with Crippen molar-refractivity contribution in [3.63, 3.8) is 0 Å². The molecule has 2 N–H and O–H groups in total. The van der Waals surface area contributed by atoms with Crippen molar-refractivity contribution in [3.05, 3.63) is 0 Å². The third-order valence-electron chi connectivity index (χ3n) is 3.54. The quantitative estimate of drug-likeness (QED) is 0.735. The number of carbonyl (C=O) groups is 1. The molecule has 0 aromatic carbocycles. The predicted molar refractivity (Wildman–Crippen MR) is 57.0 cm³/mol. The van der Waals surface area contributed by atoms with Gasteiger partial charge in [0.15, 0.2) is 0 Å². The van der Waals surface area contributed by atoms with Gasteiger partial charge in [0.05, 0.1) is 12.2 Å². The van der Waals surface area contributed by atoms with Crippen molar-refractivity contribution in [1.29, 1.82) is 0 Å². The fraction of sp³-hybridized carbons (Fsp3) is 0.900. The lowest BCUT2D eigenvalue weighted by Crippen LogP contribution is -2.56. The molecular weight excluding hydrogens is 216 g/mol. The van der Waals surface area contributed by atoms with Crippen LogP contribution in [0, 0.1) is 5.41 Å². The Labute approximate surface area is 93.0 Å². The van der Waals surface area contributed by atoms with E-state index in [9.17, 15) is 15.0 Å². The number of carboxylic acid groups (broad SMARTS) is 1. The highest BCUT2D eigenvalue weighted by atomic mass is 32.2. The second kappa shape index (κ2) is 3.96. The van der Waals surface area contributed by atoms with Crippen LogP contribution in [0.15, 0.2) is 0 Å². The fourth-order valence-electron chi connectivity index (χ4n) is 2.46. The van der Waals surface area contributed by atoms with Crippen LogP contribution >= 0.6 is 11.8 Å². The third kappa shape index (κ3) is 1.66. The lowest BCUT2D eigenvalue weighted by molar-refractivity contribution is -0.167. The molecule has 0 aromatic rings. The van der Waals surface area contributed by atoms with E-state index in [1.165, 1.54) is 0 Å². The van der Waals surface area contributed by atoms with Gasteiger partial charge >= 0.3 is 5.97 Å². The summed E-state index contributed by atoms with van der Waals surface area (Å²) < 4.78 is 5.19. The molecule has 2 fully saturated rings. The molecule has 0 amide bonds.